The Labute approximate surface area is 115 Å². The van der Waals surface area contributed by atoms with Gasteiger partial charge in [-0.2, -0.15) is 0 Å². The zero-order valence-corrected chi connectivity index (χ0v) is 11.9. The number of anilines is 1. The summed E-state index contributed by atoms with van der Waals surface area (Å²) in [6.07, 6.45) is 3.80. The molecule has 1 aromatic rings. The summed E-state index contributed by atoms with van der Waals surface area (Å²) in [7, 11) is 2.20. The number of hydrogen-bond acceptors (Lipinski definition) is 5. The van der Waals surface area contributed by atoms with Crippen LogP contribution in [0.15, 0.2) is 12.4 Å². The van der Waals surface area contributed by atoms with E-state index in [0.29, 0.717) is 0 Å². The van der Waals surface area contributed by atoms with Crippen LogP contribution >= 0.6 is 0 Å². The summed E-state index contributed by atoms with van der Waals surface area (Å²) in [6.45, 7) is 10.2. The molecule has 19 heavy (non-hydrogen) atoms. The predicted octanol–water partition coefficient (Wildman–Crippen LogP) is 0.469. The highest BCUT2D eigenvalue weighted by Crippen LogP contribution is 2.16. The summed E-state index contributed by atoms with van der Waals surface area (Å²) in [5.41, 5.74) is 1.12. The largest absolute Gasteiger partial charge is 0.338 e. The zero-order valence-electron chi connectivity index (χ0n) is 11.9. The van der Waals surface area contributed by atoms with Crippen molar-refractivity contribution < 1.29 is 0 Å². The molecule has 2 saturated heterocycles. The molecule has 0 unspecified atom stereocenters. The number of aromatic nitrogens is 2. The molecule has 5 nitrogen and oxygen atoms in total. The Balaban J connectivity index is 1.47. The minimum Gasteiger partial charge on any atom is -0.338 e. The van der Waals surface area contributed by atoms with Gasteiger partial charge in [0.05, 0.1) is 0 Å². The molecule has 0 saturated carbocycles. The van der Waals surface area contributed by atoms with Crippen LogP contribution in [0.5, 0.6) is 0 Å². The summed E-state index contributed by atoms with van der Waals surface area (Å²) in [4.78, 5) is 16.1. The number of aryl methyl sites for hydroxylation is 1. The fourth-order valence-corrected chi connectivity index (χ4v) is 2.99. The lowest BCUT2D eigenvalue weighted by Crippen LogP contribution is -2.53. The molecule has 2 fully saturated rings. The normalized spacial score (nSPS) is 22.5. The van der Waals surface area contributed by atoms with Gasteiger partial charge in [-0.05, 0) is 25.5 Å². The number of nitrogens with zero attached hydrogens (tertiary/aromatic N) is 5. The maximum absolute atomic E-state index is 4.41. The minimum atomic E-state index is 0.882. The Kier molecular flexibility index (Phi) is 3.66. The molecular weight excluding hydrogens is 238 g/mol. The topological polar surface area (TPSA) is 35.5 Å². The Bertz CT molecular complexity index is 404. The van der Waals surface area contributed by atoms with Gasteiger partial charge < -0.3 is 9.80 Å². The lowest BCUT2D eigenvalue weighted by molar-refractivity contribution is 0.0881. The van der Waals surface area contributed by atoms with Gasteiger partial charge in [-0.1, -0.05) is 0 Å². The molecule has 0 aliphatic carbocycles. The van der Waals surface area contributed by atoms with E-state index in [0.717, 1.165) is 43.6 Å². The SMILES string of the molecule is Cc1cnc(N2CCN(CC3CN(C)C3)CC2)nc1. The van der Waals surface area contributed by atoms with Crippen molar-refractivity contribution >= 4 is 5.95 Å². The fourth-order valence-electron chi connectivity index (χ4n) is 2.99. The molecule has 2 aliphatic heterocycles. The predicted molar refractivity (Wildman–Crippen MR) is 76.4 cm³/mol. The van der Waals surface area contributed by atoms with Crippen molar-refractivity contribution in [3.05, 3.63) is 18.0 Å². The van der Waals surface area contributed by atoms with Crippen LogP contribution in [0.4, 0.5) is 5.95 Å². The quantitative estimate of drug-likeness (QED) is 0.790. The highest BCUT2D eigenvalue weighted by molar-refractivity contribution is 5.30. The van der Waals surface area contributed by atoms with Crippen LogP contribution in [0, 0.1) is 12.8 Å². The first-order chi connectivity index (χ1) is 9.20. The summed E-state index contributed by atoms with van der Waals surface area (Å²) in [5.74, 6) is 1.76. The molecule has 1 aromatic heterocycles. The number of likely N-dealkylation sites (tertiary alicyclic amines) is 1. The highest BCUT2D eigenvalue weighted by atomic mass is 15.3. The Morgan fingerprint density at radius 1 is 1.11 bits per heavy atom. The Morgan fingerprint density at radius 2 is 1.74 bits per heavy atom. The van der Waals surface area contributed by atoms with E-state index in [9.17, 15) is 0 Å². The van der Waals surface area contributed by atoms with E-state index < -0.39 is 0 Å². The van der Waals surface area contributed by atoms with Crippen LogP contribution in [-0.4, -0.2) is 72.6 Å². The molecular formula is C14H23N5. The van der Waals surface area contributed by atoms with Gasteiger partial charge in [0.15, 0.2) is 0 Å². The molecule has 2 aliphatic rings. The number of piperazine rings is 1. The van der Waals surface area contributed by atoms with E-state index in [1.54, 1.807) is 0 Å². The third-order valence-electron chi connectivity index (χ3n) is 4.08. The van der Waals surface area contributed by atoms with Gasteiger partial charge in [0.25, 0.3) is 0 Å². The smallest absolute Gasteiger partial charge is 0.225 e. The van der Waals surface area contributed by atoms with E-state index >= 15 is 0 Å². The van der Waals surface area contributed by atoms with Gasteiger partial charge in [-0.3, -0.25) is 4.90 Å². The van der Waals surface area contributed by atoms with Crippen LogP contribution in [0.1, 0.15) is 5.56 Å². The molecule has 5 heteroatoms. The van der Waals surface area contributed by atoms with Gasteiger partial charge in [0, 0.05) is 58.2 Å². The summed E-state index contributed by atoms with van der Waals surface area (Å²) >= 11 is 0. The first-order valence-corrected chi connectivity index (χ1v) is 7.15. The lowest BCUT2D eigenvalue weighted by Gasteiger charge is -2.42. The second kappa shape index (κ2) is 5.43. The van der Waals surface area contributed by atoms with Crippen LogP contribution in [0.3, 0.4) is 0 Å². The van der Waals surface area contributed by atoms with Crippen molar-refractivity contribution in [1.82, 2.24) is 19.8 Å². The molecule has 0 spiro atoms. The van der Waals surface area contributed by atoms with E-state index in [2.05, 4.69) is 31.7 Å². The van der Waals surface area contributed by atoms with Crippen molar-refractivity contribution in [2.24, 2.45) is 5.92 Å². The zero-order chi connectivity index (χ0) is 13.2. The number of rotatable bonds is 3. The first-order valence-electron chi connectivity index (χ1n) is 7.15. The summed E-state index contributed by atoms with van der Waals surface area (Å²) in [5, 5.41) is 0. The van der Waals surface area contributed by atoms with Crippen molar-refractivity contribution in [3.63, 3.8) is 0 Å². The average molecular weight is 261 g/mol. The molecule has 3 rings (SSSR count). The molecule has 3 heterocycles. The summed E-state index contributed by atoms with van der Waals surface area (Å²) in [6, 6.07) is 0. The van der Waals surface area contributed by atoms with Crippen LogP contribution in [0.25, 0.3) is 0 Å². The van der Waals surface area contributed by atoms with E-state index in [-0.39, 0.29) is 0 Å². The molecule has 0 aromatic carbocycles. The van der Waals surface area contributed by atoms with Gasteiger partial charge in [-0.15, -0.1) is 0 Å². The van der Waals surface area contributed by atoms with Crippen molar-refractivity contribution in [2.75, 3.05) is 57.8 Å². The van der Waals surface area contributed by atoms with E-state index in [1.165, 1.54) is 19.6 Å². The minimum absolute atomic E-state index is 0.882. The molecule has 0 bridgehead atoms. The Hall–Kier alpha value is -1.20. The van der Waals surface area contributed by atoms with Gasteiger partial charge in [0.1, 0.15) is 0 Å². The van der Waals surface area contributed by atoms with Crippen LogP contribution < -0.4 is 4.90 Å². The summed E-state index contributed by atoms with van der Waals surface area (Å²) < 4.78 is 0. The van der Waals surface area contributed by atoms with Crippen molar-refractivity contribution in [2.45, 2.75) is 6.92 Å². The lowest BCUT2D eigenvalue weighted by atomic mass is 10.0. The monoisotopic (exact) mass is 261 g/mol. The van der Waals surface area contributed by atoms with Crippen molar-refractivity contribution in [1.29, 1.82) is 0 Å². The maximum Gasteiger partial charge on any atom is 0.225 e. The molecule has 0 radical (unpaired) electrons. The van der Waals surface area contributed by atoms with Crippen LogP contribution in [0.2, 0.25) is 0 Å². The number of hydrogen-bond donors (Lipinski definition) is 0. The van der Waals surface area contributed by atoms with E-state index in [4.69, 9.17) is 0 Å². The second-order valence-corrected chi connectivity index (χ2v) is 5.94. The Morgan fingerprint density at radius 3 is 2.32 bits per heavy atom. The molecule has 0 amide bonds. The van der Waals surface area contributed by atoms with Crippen molar-refractivity contribution in [3.8, 4) is 0 Å². The highest BCUT2D eigenvalue weighted by Gasteiger charge is 2.27. The van der Waals surface area contributed by atoms with Gasteiger partial charge >= 0.3 is 0 Å². The fraction of sp³-hybridized carbons (Fsp3) is 0.714. The maximum atomic E-state index is 4.41. The third kappa shape index (κ3) is 3.04. The van der Waals surface area contributed by atoms with Crippen LogP contribution in [-0.2, 0) is 0 Å². The van der Waals surface area contributed by atoms with Gasteiger partial charge in [-0.25, -0.2) is 9.97 Å². The average Bonchev–Trinajstić information content (AvgIpc) is 2.39. The van der Waals surface area contributed by atoms with Gasteiger partial charge in [0.2, 0.25) is 5.95 Å². The molecule has 0 atom stereocenters. The molecule has 104 valence electrons. The third-order valence-corrected chi connectivity index (χ3v) is 4.08. The standard InChI is InChI=1S/C14H23N5/c1-12-7-15-14(16-8-12)19-5-3-18(4-6-19)11-13-9-17(2)10-13/h7-8,13H,3-6,9-11H2,1-2H3. The molecule has 0 N–H and O–H groups in total. The van der Waals surface area contributed by atoms with E-state index in [1.807, 2.05) is 19.3 Å². The first kappa shape index (κ1) is 12.8. The second-order valence-electron chi connectivity index (χ2n) is 5.94.